The first-order chi connectivity index (χ1) is 8.63. The quantitative estimate of drug-likeness (QED) is 0.612. The standard InChI is InChI=1S/C13H13BrF2O2/c1-2-3-18-13(7-17-8-13)10-5-11(15)9(6-14)4-12(10)16/h2,4-5H,1,3,6-8H2. The molecule has 0 bridgehead atoms. The van der Waals surface area contributed by atoms with E-state index in [1.807, 2.05) is 0 Å². The van der Waals surface area contributed by atoms with Gasteiger partial charge in [-0.3, -0.25) is 0 Å². The first-order valence-corrected chi connectivity index (χ1v) is 6.62. The summed E-state index contributed by atoms with van der Waals surface area (Å²) in [7, 11) is 0. The zero-order chi connectivity index (χ0) is 13.2. The molecular weight excluding hydrogens is 306 g/mol. The lowest BCUT2D eigenvalue weighted by atomic mass is 9.90. The second-order valence-corrected chi connectivity index (χ2v) is 4.70. The van der Waals surface area contributed by atoms with Crippen molar-refractivity contribution in [2.24, 2.45) is 0 Å². The van der Waals surface area contributed by atoms with E-state index in [0.717, 1.165) is 0 Å². The SMILES string of the molecule is C=CCOC1(c2cc(F)c(CBr)cc2F)COC1. The van der Waals surface area contributed by atoms with Crippen LogP contribution in [0.1, 0.15) is 11.1 Å². The van der Waals surface area contributed by atoms with Crippen LogP contribution in [-0.4, -0.2) is 19.8 Å². The highest BCUT2D eigenvalue weighted by atomic mass is 79.9. The molecule has 0 radical (unpaired) electrons. The van der Waals surface area contributed by atoms with Gasteiger partial charge < -0.3 is 9.47 Å². The van der Waals surface area contributed by atoms with Gasteiger partial charge in [-0.2, -0.15) is 0 Å². The minimum absolute atomic E-state index is 0.206. The van der Waals surface area contributed by atoms with E-state index in [9.17, 15) is 8.78 Å². The summed E-state index contributed by atoms with van der Waals surface area (Å²) in [6.45, 7) is 4.27. The Bertz CT molecular complexity index is 459. The molecule has 5 heteroatoms. The van der Waals surface area contributed by atoms with Crippen molar-refractivity contribution in [1.82, 2.24) is 0 Å². The van der Waals surface area contributed by atoms with Gasteiger partial charge in [-0.05, 0) is 12.1 Å². The van der Waals surface area contributed by atoms with Crippen LogP contribution < -0.4 is 0 Å². The number of ether oxygens (including phenoxy) is 2. The van der Waals surface area contributed by atoms with Gasteiger partial charge in [0.15, 0.2) is 0 Å². The van der Waals surface area contributed by atoms with Crippen molar-refractivity contribution in [2.75, 3.05) is 19.8 Å². The van der Waals surface area contributed by atoms with E-state index in [1.165, 1.54) is 12.1 Å². The lowest BCUT2D eigenvalue weighted by Crippen LogP contribution is -2.49. The summed E-state index contributed by atoms with van der Waals surface area (Å²) in [5, 5.41) is 0.271. The third kappa shape index (κ3) is 2.35. The maximum Gasteiger partial charge on any atom is 0.143 e. The van der Waals surface area contributed by atoms with Crippen LogP contribution in [-0.2, 0) is 20.4 Å². The second-order valence-electron chi connectivity index (χ2n) is 4.14. The number of benzene rings is 1. The minimum Gasteiger partial charge on any atom is -0.375 e. The minimum atomic E-state index is -0.885. The molecule has 1 aromatic rings. The maximum absolute atomic E-state index is 14.0. The van der Waals surface area contributed by atoms with Crippen LogP contribution >= 0.6 is 15.9 Å². The summed E-state index contributed by atoms with van der Waals surface area (Å²) in [4.78, 5) is 0. The predicted octanol–water partition coefficient (Wildman–Crippen LogP) is 3.29. The summed E-state index contributed by atoms with van der Waals surface area (Å²) in [6.07, 6.45) is 1.57. The molecule has 0 saturated carbocycles. The lowest BCUT2D eigenvalue weighted by Gasteiger charge is -2.41. The third-order valence-electron chi connectivity index (χ3n) is 2.92. The third-order valence-corrected chi connectivity index (χ3v) is 3.52. The molecule has 0 amide bonds. The summed E-state index contributed by atoms with van der Waals surface area (Å²) in [5.41, 5.74) is -0.391. The fraction of sp³-hybridized carbons (Fsp3) is 0.385. The van der Waals surface area contributed by atoms with Gasteiger partial charge in [0.2, 0.25) is 0 Å². The molecule has 1 aromatic carbocycles. The van der Waals surface area contributed by atoms with Gasteiger partial charge in [-0.15, -0.1) is 6.58 Å². The Morgan fingerprint density at radius 2 is 2.11 bits per heavy atom. The highest BCUT2D eigenvalue weighted by Gasteiger charge is 2.43. The summed E-state index contributed by atoms with van der Waals surface area (Å²) in [5.74, 6) is -0.921. The van der Waals surface area contributed by atoms with Crippen LogP contribution in [0.25, 0.3) is 0 Å². The zero-order valence-electron chi connectivity index (χ0n) is 9.72. The van der Waals surface area contributed by atoms with Crippen molar-refractivity contribution in [3.05, 3.63) is 47.5 Å². The van der Waals surface area contributed by atoms with Gasteiger partial charge in [0, 0.05) is 16.5 Å². The van der Waals surface area contributed by atoms with Crippen molar-refractivity contribution >= 4 is 15.9 Å². The number of halogens is 3. The Kier molecular flexibility index (Phi) is 4.14. The Morgan fingerprint density at radius 1 is 1.39 bits per heavy atom. The van der Waals surface area contributed by atoms with Gasteiger partial charge in [-0.1, -0.05) is 22.0 Å². The molecule has 0 unspecified atom stereocenters. The molecule has 18 heavy (non-hydrogen) atoms. The number of rotatable bonds is 5. The molecule has 1 saturated heterocycles. The summed E-state index contributed by atoms with van der Waals surface area (Å²) < 4.78 is 38.4. The smallest absolute Gasteiger partial charge is 0.143 e. The van der Waals surface area contributed by atoms with Crippen LogP contribution in [0.5, 0.6) is 0 Å². The molecule has 0 atom stereocenters. The number of hydrogen-bond acceptors (Lipinski definition) is 2. The average Bonchev–Trinajstić information content (AvgIpc) is 2.31. The molecule has 98 valence electrons. The molecule has 2 rings (SSSR count). The van der Waals surface area contributed by atoms with Gasteiger partial charge >= 0.3 is 0 Å². The van der Waals surface area contributed by atoms with Crippen molar-refractivity contribution in [3.63, 3.8) is 0 Å². The van der Waals surface area contributed by atoms with Gasteiger partial charge in [0.25, 0.3) is 0 Å². The molecule has 1 aliphatic rings. The molecule has 0 N–H and O–H groups in total. The number of hydrogen-bond donors (Lipinski definition) is 0. The van der Waals surface area contributed by atoms with E-state index in [1.54, 1.807) is 6.08 Å². The van der Waals surface area contributed by atoms with Crippen molar-refractivity contribution in [3.8, 4) is 0 Å². The molecule has 1 heterocycles. The Hall–Kier alpha value is -0.780. The first-order valence-electron chi connectivity index (χ1n) is 5.50. The first kappa shape index (κ1) is 13.6. The highest BCUT2D eigenvalue weighted by Crippen LogP contribution is 2.36. The van der Waals surface area contributed by atoms with Crippen LogP contribution in [0, 0.1) is 11.6 Å². The monoisotopic (exact) mass is 318 g/mol. The van der Waals surface area contributed by atoms with Crippen LogP contribution in [0.3, 0.4) is 0 Å². The normalized spacial score (nSPS) is 17.3. The van der Waals surface area contributed by atoms with E-state index in [4.69, 9.17) is 9.47 Å². The Morgan fingerprint density at radius 3 is 2.61 bits per heavy atom. The fourth-order valence-corrected chi connectivity index (χ4v) is 2.29. The van der Waals surface area contributed by atoms with E-state index in [-0.39, 0.29) is 36.3 Å². The van der Waals surface area contributed by atoms with Crippen molar-refractivity contribution in [1.29, 1.82) is 0 Å². The van der Waals surface area contributed by atoms with Crippen molar-refractivity contribution < 1.29 is 18.3 Å². The second kappa shape index (κ2) is 5.47. The summed E-state index contributed by atoms with van der Waals surface area (Å²) >= 11 is 3.11. The molecular formula is C13H13BrF2O2. The largest absolute Gasteiger partial charge is 0.375 e. The predicted molar refractivity (Wildman–Crippen MR) is 67.6 cm³/mol. The Labute approximate surface area is 113 Å². The number of alkyl halides is 1. The van der Waals surface area contributed by atoms with E-state index in [0.29, 0.717) is 0 Å². The average molecular weight is 319 g/mol. The topological polar surface area (TPSA) is 18.5 Å². The molecule has 0 aliphatic carbocycles. The van der Waals surface area contributed by atoms with Gasteiger partial charge in [0.05, 0.1) is 19.8 Å². The lowest BCUT2D eigenvalue weighted by molar-refractivity contribution is -0.212. The zero-order valence-corrected chi connectivity index (χ0v) is 11.3. The molecule has 0 spiro atoms. The molecule has 0 aromatic heterocycles. The molecule has 2 nitrogen and oxygen atoms in total. The van der Waals surface area contributed by atoms with Crippen LogP contribution in [0.15, 0.2) is 24.8 Å². The van der Waals surface area contributed by atoms with E-state index in [2.05, 4.69) is 22.5 Å². The van der Waals surface area contributed by atoms with E-state index >= 15 is 0 Å². The molecule has 1 aliphatic heterocycles. The van der Waals surface area contributed by atoms with Gasteiger partial charge in [0.1, 0.15) is 17.2 Å². The Balaban J connectivity index is 2.36. The van der Waals surface area contributed by atoms with Crippen LogP contribution in [0.4, 0.5) is 8.78 Å². The van der Waals surface area contributed by atoms with Crippen LogP contribution in [0.2, 0.25) is 0 Å². The van der Waals surface area contributed by atoms with Crippen molar-refractivity contribution in [2.45, 2.75) is 10.9 Å². The maximum atomic E-state index is 14.0. The van der Waals surface area contributed by atoms with E-state index < -0.39 is 17.2 Å². The summed E-state index contributed by atoms with van der Waals surface area (Å²) in [6, 6.07) is 2.38. The molecule has 1 fully saturated rings. The highest BCUT2D eigenvalue weighted by molar-refractivity contribution is 9.08. The fourth-order valence-electron chi connectivity index (χ4n) is 1.86. The van der Waals surface area contributed by atoms with Gasteiger partial charge in [-0.25, -0.2) is 8.78 Å².